The smallest absolute Gasteiger partial charge is 0.235 e. The van der Waals surface area contributed by atoms with Gasteiger partial charge in [-0.3, -0.25) is 0 Å². The minimum absolute atomic E-state index is 0.118. The average Bonchev–Trinajstić information content (AvgIpc) is 3.03. The molecule has 0 spiro atoms. The number of benzene rings is 1. The van der Waals surface area contributed by atoms with Gasteiger partial charge in [-0.1, -0.05) is 12.1 Å². The van der Waals surface area contributed by atoms with Gasteiger partial charge in [-0.2, -0.15) is 4.99 Å². The molecule has 0 aliphatic heterocycles. The number of methoxy groups -OCH3 is 1. The number of hydrogen-bond donors (Lipinski definition) is 1. The number of aryl methyl sites for hydroxylation is 1. The third-order valence-corrected chi connectivity index (χ3v) is 3.02. The number of rotatable bonds is 3. The molecule has 4 heteroatoms. The van der Waals surface area contributed by atoms with Crippen LogP contribution in [0.3, 0.4) is 0 Å². The molecule has 0 atom stereocenters. The number of aromatic hydroxyl groups is 1. The molecule has 1 aromatic rings. The Kier molecular flexibility index (Phi) is 2.44. The van der Waals surface area contributed by atoms with Gasteiger partial charge in [0.1, 0.15) is 5.54 Å². The fourth-order valence-electron chi connectivity index (χ4n) is 1.89. The quantitative estimate of drug-likeness (QED) is 0.625. The van der Waals surface area contributed by atoms with Crippen molar-refractivity contribution < 1.29 is 14.6 Å². The van der Waals surface area contributed by atoms with E-state index in [1.54, 1.807) is 19.1 Å². The largest absolute Gasteiger partial charge is 0.504 e. The van der Waals surface area contributed by atoms with Gasteiger partial charge in [-0.25, -0.2) is 4.79 Å². The standard InChI is InChI=1S/C12H13NO3/c1-8-3-4-9(11(16-2)10(8)15)12(5-6-12)13-7-14/h3-4,15H,5-6H2,1-2H3. The van der Waals surface area contributed by atoms with E-state index in [2.05, 4.69) is 4.99 Å². The van der Waals surface area contributed by atoms with Crippen molar-refractivity contribution in [3.8, 4) is 11.5 Å². The molecule has 0 aromatic heterocycles. The van der Waals surface area contributed by atoms with Crippen LogP contribution in [-0.2, 0) is 10.3 Å². The first-order chi connectivity index (χ1) is 7.64. The van der Waals surface area contributed by atoms with Gasteiger partial charge >= 0.3 is 0 Å². The Balaban J connectivity index is 2.57. The Morgan fingerprint density at radius 1 is 1.50 bits per heavy atom. The molecule has 1 aliphatic rings. The molecule has 0 radical (unpaired) electrons. The molecule has 1 N–H and O–H groups in total. The predicted octanol–water partition coefficient (Wildman–Crippen LogP) is 2.03. The number of phenols is 1. The Bertz CT molecular complexity index is 471. The zero-order valence-corrected chi connectivity index (χ0v) is 9.28. The number of carbonyl (C=O) groups excluding carboxylic acids is 1. The van der Waals surface area contributed by atoms with E-state index in [0.29, 0.717) is 5.75 Å². The first-order valence-electron chi connectivity index (χ1n) is 5.11. The van der Waals surface area contributed by atoms with E-state index in [9.17, 15) is 9.90 Å². The third-order valence-electron chi connectivity index (χ3n) is 3.02. The van der Waals surface area contributed by atoms with E-state index in [0.717, 1.165) is 24.0 Å². The van der Waals surface area contributed by atoms with Crippen molar-refractivity contribution in [1.29, 1.82) is 0 Å². The number of hydrogen-bond acceptors (Lipinski definition) is 4. The van der Waals surface area contributed by atoms with E-state index in [-0.39, 0.29) is 5.75 Å². The minimum atomic E-state index is -0.516. The van der Waals surface area contributed by atoms with Gasteiger partial charge in [0.2, 0.25) is 6.08 Å². The summed E-state index contributed by atoms with van der Waals surface area (Å²) >= 11 is 0. The van der Waals surface area contributed by atoms with Crippen molar-refractivity contribution in [1.82, 2.24) is 0 Å². The molecule has 0 amide bonds. The summed E-state index contributed by atoms with van der Waals surface area (Å²) in [5, 5.41) is 9.87. The van der Waals surface area contributed by atoms with Crippen LogP contribution in [-0.4, -0.2) is 18.3 Å². The highest BCUT2D eigenvalue weighted by molar-refractivity contribution is 5.56. The summed E-state index contributed by atoms with van der Waals surface area (Å²) in [6, 6.07) is 3.65. The van der Waals surface area contributed by atoms with Gasteiger partial charge in [-0.15, -0.1) is 0 Å². The fourth-order valence-corrected chi connectivity index (χ4v) is 1.89. The number of phenolic OH excluding ortho intramolecular Hbond substituents is 1. The van der Waals surface area contributed by atoms with Crippen LogP contribution in [0.4, 0.5) is 0 Å². The molecule has 2 rings (SSSR count). The van der Waals surface area contributed by atoms with Crippen molar-refractivity contribution in [2.75, 3.05) is 7.11 Å². The predicted molar refractivity (Wildman–Crippen MR) is 58.4 cm³/mol. The molecule has 0 unspecified atom stereocenters. The van der Waals surface area contributed by atoms with Crippen LogP contribution >= 0.6 is 0 Å². The Morgan fingerprint density at radius 3 is 2.69 bits per heavy atom. The first-order valence-corrected chi connectivity index (χ1v) is 5.11. The second-order valence-electron chi connectivity index (χ2n) is 4.05. The maximum Gasteiger partial charge on any atom is 0.235 e. The van der Waals surface area contributed by atoms with Crippen LogP contribution in [0.1, 0.15) is 24.0 Å². The molecule has 0 heterocycles. The topological polar surface area (TPSA) is 58.9 Å². The molecule has 0 bridgehead atoms. The van der Waals surface area contributed by atoms with Crippen molar-refractivity contribution in [3.05, 3.63) is 23.3 Å². The van der Waals surface area contributed by atoms with Crippen molar-refractivity contribution in [2.45, 2.75) is 25.3 Å². The number of aliphatic imine (C=N–C) groups is 1. The lowest BCUT2D eigenvalue weighted by Gasteiger charge is -2.15. The van der Waals surface area contributed by atoms with E-state index in [4.69, 9.17) is 4.74 Å². The van der Waals surface area contributed by atoms with Gasteiger partial charge < -0.3 is 9.84 Å². The fraction of sp³-hybridized carbons (Fsp3) is 0.417. The van der Waals surface area contributed by atoms with Crippen molar-refractivity contribution in [2.24, 2.45) is 4.99 Å². The van der Waals surface area contributed by atoms with Crippen LogP contribution in [0.2, 0.25) is 0 Å². The van der Waals surface area contributed by atoms with Crippen LogP contribution in [0, 0.1) is 6.92 Å². The molecule has 0 saturated heterocycles. The second-order valence-corrected chi connectivity index (χ2v) is 4.05. The Labute approximate surface area is 93.6 Å². The number of nitrogens with zero attached hydrogens (tertiary/aromatic N) is 1. The second kappa shape index (κ2) is 3.65. The Hall–Kier alpha value is -1.80. The van der Waals surface area contributed by atoms with Crippen LogP contribution < -0.4 is 4.74 Å². The highest BCUT2D eigenvalue weighted by Crippen LogP contribution is 2.54. The molecule has 1 aliphatic carbocycles. The zero-order valence-electron chi connectivity index (χ0n) is 9.28. The van der Waals surface area contributed by atoms with E-state index in [1.807, 2.05) is 6.07 Å². The normalized spacial score (nSPS) is 16.4. The van der Waals surface area contributed by atoms with E-state index >= 15 is 0 Å². The zero-order chi connectivity index (χ0) is 11.8. The molecule has 4 nitrogen and oxygen atoms in total. The molecule has 1 fully saturated rings. The maximum atomic E-state index is 10.4. The molecular formula is C12H13NO3. The summed E-state index contributed by atoms with van der Waals surface area (Å²) in [6.07, 6.45) is 3.18. The molecule has 1 saturated carbocycles. The molecule has 84 valence electrons. The van der Waals surface area contributed by atoms with Crippen molar-refractivity contribution >= 4 is 6.08 Å². The lowest BCUT2D eigenvalue weighted by molar-refractivity contribution is 0.363. The summed E-state index contributed by atoms with van der Waals surface area (Å²) in [5.74, 6) is 0.531. The van der Waals surface area contributed by atoms with Crippen LogP contribution in [0.25, 0.3) is 0 Å². The highest BCUT2D eigenvalue weighted by Gasteiger charge is 2.47. The van der Waals surface area contributed by atoms with Gasteiger partial charge in [0.25, 0.3) is 0 Å². The Morgan fingerprint density at radius 2 is 2.19 bits per heavy atom. The summed E-state index contributed by atoms with van der Waals surface area (Å²) < 4.78 is 5.19. The molecule has 1 aromatic carbocycles. The van der Waals surface area contributed by atoms with Gasteiger partial charge in [0, 0.05) is 5.56 Å². The lowest BCUT2D eigenvalue weighted by Crippen LogP contribution is -2.05. The third kappa shape index (κ3) is 1.48. The molecular weight excluding hydrogens is 206 g/mol. The number of isocyanates is 1. The van der Waals surface area contributed by atoms with Crippen LogP contribution in [0.5, 0.6) is 11.5 Å². The van der Waals surface area contributed by atoms with Crippen LogP contribution in [0.15, 0.2) is 17.1 Å². The molecule has 16 heavy (non-hydrogen) atoms. The van der Waals surface area contributed by atoms with E-state index < -0.39 is 5.54 Å². The minimum Gasteiger partial charge on any atom is -0.504 e. The maximum absolute atomic E-state index is 10.4. The summed E-state index contributed by atoms with van der Waals surface area (Å²) in [6.45, 7) is 1.80. The highest BCUT2D eigenvalue weighted by atomic mass is 16.5. The van der Waals surface area contributed by atoms with Gasteiger partial charge in [-0.05, 0) is 25.3 Å². The first kappa shape index (κ1) is 10.7. The number of ether oxygens (including phenoxy) is 1. The van der Waals surface area contributed by atoms with E-state index in [1.165, 1.54) is 7.11 Å². The summed E-state index contributed by atoms with van der Waals surface area (Å²) in [5.41, 5.74) is 0.992. The van der Waals surface area contributed by atoms with Crippen molar-refractivity contribution in [3.63, 3.8) is 0 Å². The summed E-state index contributed by atoms with van der Waals surface area (Å²) in [4.78, 5) is 14.2. The SMILES string of the molecule is COc1c(C2(N=C=O)CC2)ccc(C)c1O. The monoisotopic (exact) mass is 219 g/mol. The van der Waals surface area contributed by atoms with Gasteiger partial charge in [0.05, 0.1) is 7.11 Å². The average molecular weight is 219 g/mol. The summed E-state index contributed by atoms with van der Waals surface area (Å²) in [7, 11) is 1.50. The van der Waals surface area contributed by atoms with Gasteiger partial charge in [0.15, 0.2) is 11.5 Å². The lowest BCUT2D eigenvalue weighted by atomic mass is 10.0.